The lowest BCUT2D eigenvalue weighted by molar-refractivity contribution is -0.137. The largest absolute Gasteiger partial charge is 0.478 e. The molecule has 3 aromatic rings. The average Bonchev–Trinajstić information content (AvgIpc) is 2.62. The summed E-state index contributed by atoms with van der Waals surface area (Å²) in [7, 11) is 0. The standard InChI is InChI=1S/C18H13F3N4O2/c19-18(20,21)12-3-7-14(8-4-12)24-17-22-10-9-15(25-17)23-13-5-1-11(2-6-13)16(26)27/h1-10H,(H,26,27)(H2,22,23,24,25). The maximum Gasteiger partial charge on any atom is 0.416 e. The zero-order valence-electron chi connectivity index (χ0n) is 13.7. The minimum atomic E-state index is -4.39. The summed E-state index contributed by atoms with van der Waals surface area (Å²) >= 11 is 0. The number of carboxylic acid groups (broad SMARTS) is 1. The first-order valence-corrected chi connectivity index (χ1v) is 7.69. The summed E-state index contributed by atoms with van der Waals surface area (Å²) in [5.74, 6) is -0.393. The van der Waals surface area contributed by atoms with Crippen LogP contribution in [0.1, 0.15) is 15.9 Å². The van der Waals surface area contributed by atoms with Gasteiger partial charge in [-0.15, -0.1) is 0 Å². The van der Waals surface area contributed by atoms with E-state index in [4.69, 9.17) is 5.11 Å². The molecule has 0 unspecified atom stereocenters. The lowest BCUT2D eigenvalue weighted by Crippen LogP contribution is -2.05. The van der Waals surface area contributed by atoms with E-state index in [1.54, 1.807) is 18.2 Å². The molecule has 0 fully saturated rings. The molecule has 0 aliphatic rings. The minimum absolute atomic E-state index is 0.160. The SMILES string of the molecule is O=C(O)c1ccc(Nc2ccnc(Nc3ccc(C(F)(F)F)cc3)n2)cc1. The van der Waals surface area contributed by atoms with Crippen LogP contribution in [0.3, 0.4) is 0 Å². The Balaban J connectivity index is 1.71. The highest BCUT2D eigenvalue weighted by Gasteiger charge is 2.29. The molecule has 0 atom stereocenters. The first-order valence-electron chi connectivity index (χ1n) is 7.69. The Morgan fingerprint density at radius 2 is 1.48 bits per heavy atom. The van der Waals surface area contributed by atoms with E-state index in [1.165, 1.54) is 30.5 Å². The van der Waals surface area contributed by atoms with Gasteiger partial charge in [-0.05, 0) is 54.6 Å². The van der Waals surface area contributed by atoms with Crippen LogP contribution < -0.4 is 10.6 Å². The minimum Gasteiger partial charge on any atom is -0.478 e. The molecule has 6 nitrogen and oxygen atoms in total. The third-order valence-electron chi connectivity index (χ3n) is 3.53. The van der Waals surface area contributed by atoms with Crippen LogP contribution in [0, 0.1) is 0 Å². The highest BCUT2D eigenvalue weighted by molar-refractivity contribution is 5.88. The van der Waals surface area contributed by atoms with Crippen molar-refractivity contribution in [2.75, 3.05) is 10.6 Å². The molecule has 27 heavy (non-hydrogen) atoms. The zero-order chi connectivity index (χ0) is 19.4. The maximum atomic E-state index is 12.6. The quantitative estimate of drug-likeness (QED) is 0.601. The van der Waals surface area contributed by atoms with Crippen LogP contribution in [-0.4, -0.2) is 21.0 Å². The highest BCUT2D eigenvalue weighted by Crippen LogP contribution is 2.30. The molecule has 0 bridgehead atoms. The number of hydrogen-bond acceptors (Lipinski definition) is 5. The van der Waals surface area contributed by atoms with Crippen molar-refractivity contribution in [3.05, 3.63) is 71.9 Å². The summed E-state index contributed by atoms with van der Waals surface area (Å²) < 4.78 is 37.8. The van der Waals surface area contributed by atoms with Gasteiger partial charge >= 0.3 is 12.1 Å². The van der Waals surface area contributed by atoms with Crippen molar-refractivity contribution in [1.82, 2.24) is 9.97 Å². The van der Waals surface area contributed by atoms with Crippen LogP contribution >= 0.6 is 0 Å². The second-order valence-corrected chi connectivity index (χ2v) is 5.47. The van der Waals surface area contributed by atoms with Gasteiger partial charge in [-0.25, -0.2) is 9.78 Å². The van der Waals surface area contributed by atoms with Crippen LogP contribution in [-0.2, 0) is 6.18 Å². The van der Waals surface area contributed by atoms with E-state index in [-0.39, 0.29) is 11.5 Å². The number of halogens is 3. The molecule has 0 saturated heterocycles. The lowest BCUT2D eigenvalue weighted by atomic mass is 10.2. The first-order chi connectivity index (χ1) is 12.8. The number of alkyl halides is 3. The van der Waals surface area contributed by atoms with E-state index < -0.39 is 17.7 Å². The van der Waals surface area contributed by atoms with Crippen LogP contribution in [0.25, 0.3) is 0 Å². The van der Waals surface area contributed by atoms with Gasteiger partial charge in [0.2, 0.25) is 5.95 Å². The van der Waals surface area contributed by atoms with Crippen molar-refractivity contribution >= 4 is 29.1 Å². The smallest absolute Gasteiger partial charge is 0.416 e. The Labute approximate surface area is 151 Å². The molecule has 9 heteroatoms. The molecule has 0 amide bonds. The molecule has 0 aliphatic heterocycles. The fraction of sp³-hybridized carbons (Fsp3) is 0.0556. The molecule has 0 radical (unpaired) electrons. The number of rotatable bonds is 5. The van der Waals surface area contributed by atoms with Gasteiger partial charge in [-0.1, -0.05) is 0 Å². The van der Waals surface area contributed by atoms with E-state index in [0.29, 0.717) is 17.2 Å². The van der Waals surface area contributed by atoms with E-state index >= 15 is 0 Å². The normalized spacial score (nSPS) is 11.1. The van der Waals surface area contributed by atoms with Gasteiger partial charge in [0, 0.05) is 17.6 Å². The molecule has 1 aromatic heterocycles. The monoisotopic (exact) mass is 374 g/mol. The van der Waals surface area contributed by atoms with Crippen molar-refractivity contribution in [3.63, 3.8) is 0 Å². The molecular weight excluding hydrogens is 361 g/mol. The fourth-order valence-corrected chi connectivity index (χ4v) is 2.20. The Morgan fingerprint density at radius 3 is 2.07 bits per heavy atom. The molecular formula is C18H13F3N4O2. The van der Waals surface area contributed by atoms with Gasteiger partial charge < -0.3 is 15.7 Å². The number of hydrogen-bond donors (Lipinski definition) is 3. The molecule has 3 N–H and O–H groups in total. The highest BCUT2D eigenvalue weighted by atomic mass is 19.4. The van der Waals surface area contributed by atoms with Crippen molar-refractivity contribution in [2.24, 2.45) is 0 Å². The van der Waals surface area contributed by atoms with Crippen LogP contribution in [0.5, 0.6) is 0 Å². The second-order valence-electron chi connectivity index (χ2n) is 5.47. The second kappa shape index (κ2) is 7.32. The zero-order valence-corrected chi connectivity index (χ0v) is 13.7. The topological polar surface area (TPSA) is 87.1 Å². The predicted octanol–water partition coefficient (Wildman–Crippen LogP) is 4.68. The van der Waals surface area contributed by atoms with Crippen LogP contribution in [0.15, 0.2) is 60.8 Å². The molecule has 0 saturated carbocycles. The molecule has 138 valence electrons. The molecule has 0 spiro atoms. The third-order valence-corrected chi connectivity index (χ3v) is 3.53. The van der Waals surface area contributed by atoms with Crippen molar-refractivity contribution in [2.45, 2.75) is 6.18 Å². The summed E-state index contributed by atoms with van der Waals surface area (Å²) in [4.78, 5) is 19.1. The van der Waals surface area contributed by atoms with Crippen LogP contribution in [0.2, 0.25) is 0 Å². The summed E-state index contributed by atoms with van der Waals surface area (Å²) in [6.07, 6.45) is -2.91. The van der Waals surface area contributed by atoms with E-state index in [9.17, 15) is 18.0 Å². The first kappa shape index (κ1) is 18.2. The summed E-state index contributed by atoms with van der Waals surface area (Å²) in [6, 6.07) is 12.2. The van der Waals surface area contributed by atoms with Crippen molar-refractivity contribution in [1.29, 1.82) is 0 Å². The Hall–Kier alpha value is -3.62. The van der Waals surface area contributed by atoms with Crippen molar-refractivity contribution < 1.29 is 23.1 Å². The number of aromatic nitrogens is 2. The number of carboxylic acids is 1. The molecule has 3 rings (SSSR count). The summed E-state index contributed by atoms with van der Waals surface area (Å²) in [6.45, 7) is 0. The van der Waals surface area contributed by atoms with Gasteiger partial charge in [0.15, 0.2) is 0 Å². The number of anilines is 4. The Bertz CT molecular complexity index is 942. The Kier molecular flexibility index (Phi) is 4.93. The molecule has 1 heterocycles. The predicted molar refractivity (Wildman–Crippen MR) is 93.4 cm³/mol. The van der Waals surface area contributed by atoms with E-state index in [2.05, 4.69) is 20.6 Å². The number of benzene rings is 2. The van der Waals surface area contributed by atoms with Gasteiger partial charge in [0.1, 0.15) is 5.82 Å². The van der Waals surface area contributed by atoms with Crippen LogP contribution in [0.4, 0.5) is 36.3 Å². The van der Waals surface area contributed by atoms with Crippen molar-refractivity contribution in [3.8, 4) is 0 Å². The van der Waals surface area contributed by atoms with E-state index in [1.807, 2.05) is 0 Å². The maximum absolute atomic E-state index is 12.6. The number of carbonyl (C=O) groups is 1. The number of nitrogens with zero attached hydrogens (tertiary/aromatic N) is 2. The van der Waals surface area contributed by atoms with E-state index in [0.717, 1.165) is 12.1 Å². The Morgan fingerprint density at radius 1 is 0.889 bits per heavy atom. The average molecular weight is 374 g/mol. The molecule has 0 aliphatic carbocycles. The van der Waals surface area contributed by atoms with Gasteiger partial charge in [0.25, 0.3) is 0 Å². The number of aromatic carboxylic acids is 1. The third kappa shape index (κ3) is 4.72. The summed E-state index contributed by atoms with van der Waals surface area (Å²) in [5.41, 5.74) is 0.451. The lowest BCUT2D eigenvalue weighted by Gasteiger charge is -2.10. The van der Waals surface area contributed by atoms with Gasteiger partial charge in [-0.2, -0.15) is 18.2 Å². The molecule has 2 aromatic carbocycles. The number of nitrogens with one attached hydrogen (secondary N) is 2. The van der Waals surface area contributed by atoms with Gasteiger partial charge in [-0.3, -0.25) is 0 Å². The van der Waals surface area contributed by atoms with Gasteiger partial charge in [0.05, 0.1) is 11.1 Å². The summed E-state index contributed by atoms with van der Waals surface area (Å²) in [5, 5.41) is 14.7. The fourth-order valence-electron chi connectivity index (χ4n) is 2.20.